The molecule has 1 heterocycles. The summed E-state index contributed by atoms with van der Waals surface area (Å²) in [4.78, 5) is 11.6. The fourth-order valence-corrected chi connectivity index (χ4v) is 2.35. The molecule has 2 fully saturated rings. The molecular formula is C12H22N2O2. The highest BCUT2D eigenvalue weighted by atomic mass is 16.3. The summed E-state index contributed by atoms with van der Waals surface area (Å²) >= 11 is 0. The van der Waals surface area contributed by atoms with Crippen LogP contribution in [0.5, 0.6) is 0 Å². The molecule has 2 aliphatic rings. The summed E-state index contributed by atoms with van der Waals surface area (Å²) in [5.41, 5.74) is -0.653. The summed E-state index contributed by atoms with van der Waals surface area (Å²) in [5.74, 6) is 0.920. The number of nitrogens with one attached hydrogen (secondary N) is 2. The molecule has 0 bridgehead atoms. The predicted octanol–water partition coefficient (Wildman–Crippen LogP) is 0.263. The maximum atomic E-state index is 11.6. The van der Waals surface area contributed by atoms with Gasteiger partial charge < -0.3 is 15.7 Å². The van der Waals surface area contributed by atoms with Crippen LogP contribution >= 0.6 is 0 Å². The van der Waals surface area contributed by atoms with E-state index in [2.05, 4.69) is 17.6 Å². The normalized spacial score (nSPS) is 35.5. The van der Waals surface area contributed by atoms with Gasteiger partial charge >= 0.3 is 0 Å². The molecule has 1 saturated carbocycles. The summed E-state index contributed by atoms with van der Waals surface area (Å²) in [6.07, 6.45) is 3.77. The average Bonchev–Trinajstić information content (AvgIpc) is 2.18. The van der Waals surface area contributed by atoms with Gasteiger partial charge in [-0.15, -0.1) is 0 Å². The summed E-state index contributed by atoms with van der Waals surface area (Å²) in [7, 11) is 0. The van der Waals surface area contributed by atoms with Crippen LogP contribution in [0.2, 0.25) is 0 Å². The van der Waals surface area contributed by atoms with Gasteiger partial charge in [-0.1, -0.05) is 6.92 Å². The van der Waals surface area contributed by atoms with Crippen LogP contribution in [0.25, 0.3) is 0 Å². The number of aliphatic hydroxyl groups is 1. The molecule has 1 amide bonds. The van der Waals surface area contributed by atoms with Crippen molar-refractivity contribution < 1.29 is 9.90 Å². The van der Waals surface area contributed by atoms with Gasteiger partial charge in [-0.3, -0.25) is 4.79 Å². The van der Waals surface area contributed by atoms with Crippen molar-refractivity contribution in [3.63, 3.8) is 0 Å². The molecule has 3 N–H and O–H groups in total. The molecule has 4 heteroatoms. The fourth-order valence-electron chi connectivity index (χ4n) is 2.35. The Morgan fingerprint density at radius 1 is 1.44 bits per heavy atom. The second-order valence-electron chi connectivity index (χ2n) is 5.48. The molecule has 0 atom stereocenters. The lowest BCUT2D eigenvalue weighted by atomic mass is 9.79. The van der Waals surface area contributed by atoms with E-state index in [1.54, 1.807) is 0 Å². The number of rotatable bonds is 3. The standard InChI is InChI=1S/C12H22N2O2/c1-9-2-4-12(16,5-3-9)8-14-11(15)10-6-13-7-10/h9-10,13,16H,2-8H2,1H3,(H,14,15). The van der Waals surface area contributed by atoms with Gasteiger partial charge in [0.05, 0.1) is 11.5 Å². The van der Waals surface area contributed by atoms with Crippen LogP contribution in [0.15, 0.2) is 0 Å². The first-order chi connectivity index (χ1) is 7.59. The van der Waals surface area contributed by atoms with Crippen molar-refractivity contribution in [1.82, 2.24) is 10.6 Å². The molecule has 0 radical (unpaired) electrons. The molecule has 0 spiro atoms. The van der Waals surface area contributed by atoms with E-state index in [0.29, 0.717) is 12.5 Å². The Morgan fingerprint density at radius 3 is 2.56 bits per heavy atom. The van der Waals surface area contributed by atoms with Crippen molar-refractivity contribution in [2.75, 3.05) is 19.6 Å². The van der Waals surface area contributed by atoms with Crippen LogP contribution < -0.4 is 10.6 Å². The fraction of sp³-hybridized carbons (Fsp3) is 0.917. The summed E-state index contributed by atoms with van der Waals surface area (Å²) in [5, 5.41) is 16.2. The zero-order valence-corrected chi connectivity index (χ0v) is 9.96. The number of carbonyl (C=O) groups excluding carboxylic acids is 1. The topological polar surface area (TPSA) is 61.4 Å². The van der Waals surface area contributed by atoms with Gasteiger partial charge in [-0.2, -0.15) is 0 Å². The highest BCUT2D eigenvalue weighted by Gasteiger charge is 2.33. The van der Waals surface area contributed by atoms with Crippen molar-refractivity contribution in [2.24, 2.45) is 11.8 Å². The first kappa shape index (κ1) is 11.9. The molecule has 0 aromatic carbocycles. The largest absolute Gasteiger partial charge is 0.388 e. The van der Waals surface area contributed by atoms with E-state index in [0.717, 1.165) is 38.8 Å². The molecular weight excluding hydrogens is 204 g/mol. The maximum absolute atomic E-state index is 11.6. The third-order valence-electron chi connectivity index (χ3n) is 3.95. The Balaban J connectivity index is 1.73. The average molecular weight is 226 g/mol. The van der Waals surface area contributed by atoms with E-state index in [4.69, 9.17) is 0 Å². The first-order valence-corrected chi connectivity index (χ1v) is 6.30. The lowest BCUT2D eigenvalue weighted by molar-refractivity contribution is -0.128. The summed E-state index contributed by atoms with van der Waals surface area (Å²) in [6, 6.07) is 0. The van der Waals surface area contributed by atoms with E-state index in [1.807, 2.05) is 0 Å². The van der Waals surface area contributed by atoms with Crippen LogP contribution in [0, 0.1) is 11.8 Å². The van der Waals surface area contributed by atoms with Crippen molar-refractivity contribution in [2.45, 2.75) is 38.2 Å². The van der Waals surface area contributed by atoms with Crippen LogP contribution in [-0.4, -0.2) is 36.2 Å². The Hall–Kier alpha value is -0.610. The van der Waals surface area contributed by atoms with Crippen LogP contribution in [0.1, 0.15) is 32.6 Å². The molecule has 0 aromatic rings. The molecule has 1 aliphatic carbocycles. The predicted molar refractivity (Wildman–Crippen MR) is 62.0 cm³/mol. The highest BCUT2D eigenvalue weighted by Crippen LogP contribution is 2.31. The first-order valence-electron chi connectivity index (χ1n) is 6.30. The van der Waals surface area contributed by atoms with Crippen molar-refractivity contribution in [3.05, 3.63) is 0 Å². The van der Waals surface area contributed by atoms with Crippen molar-refractivity contribution >= 4 is 5.91 Å². The van der Waals surface area contributed by atoms with Gasteiger partial charge in [0.1, 0.15) is 0 Å². The van der Waals surface area contributed by atoms with E-state index < -0.39 is 5.60 Å². The number of amides is 1. The van der Waals surface area contributed by atoms with Gasteiger partial charge in [-0.25, -0.2) is 0 Å². The van der Waals surface area contributed by atoms with E-state index in [9.17, 15) is 9.90 Å². The van der Waals surface area contributed by atoms with Crippen LogP contribution in [-0.2, 0) is 4.79 Å². The third kappa shape index (κ3) is 2.74. The molecule has 0 unspecified atom stereocenters. The maximum Gasteiger partial charge on any atom is 0.225 e. The summed E-state index contributed by atoms with van der Waals surface area (Å²) in [6.45, 7) is 4.20. The minimum absolute atomic E-state index is 0.0887. The molecule has 2 rings (SSSR count). The highest BCUT2D eigenvalue weighted by molar-refractivity contribution is 5.80. The molecule has 0 aromatic heterocycles. The lowest BCUT2D eigenvalue weighted by Gasteiger charge is -2.36. The van der Waals surface area contributed by atoms with Gasteiger partial charge in [0.2, 0.25) is 5.91 Å². The van der Waals surface area contributed by atoms with Gasteiger partial charge in [0.25, 0.3) is 0 Å². The number of hydrogen-bond donors (Lipinski definition) is 3. The second-order valence-corrected chi connectivity index (χ2v) is 5.48. The molecule has 4 nitrogen and oxygen atoms in total. The smallest absolute Gasteiger partial charge is 0.225 e. The van der Waals surface area contributed by atoms with Crippen molar-refractivity contribution in [3.8, 4) is 0 Å². The minimum Gasteiger partial charge on any atom is -0.388 e. The second kappa shape index (κ2) is 4.72. The van der Waals surface area contributed by atoms with E-state index in [1.165, 1.54) is 0 Å². The van der Waals surface area contributed by atoms with Crippen molar-refractivity contribution in [1.29, 1.82) is 0 Å². The Morgan fingerprint density at radius 2 is 2.06 bits per heavy atom. The SMILES string of the molecule is CC1CCC(O)(CNC(=O)C2CNC2)CC1. The van der Waals surface area contributed by atoms with Crippen LogP contribution in [0.3, 0.4) is 0 Å². The van der Waals surface area contributed by atoms with E-state index >= 15 is 0 Å². The van der Waals surface area contributed by atoms with Gasteiger partial charge in [0, 0.05) is 19.6 Å². The zero-order valence-electron chi connectivity index (χ0n) is 9.96. The Bertz CT molecular complexity index is 256. The molecule has 92 valence electrons. The third-order valence-corrected chi connectivity index (χ3v) is 3.95. The van der Waals surface area contributed by atoms with E-state index in [-0.39, 0.29) is 11.8 Å². The van der Waals surface area contributed by atoms with Crippen LogP contribution in [0.4, 0.5) is 0 Å². The Labute approximate surface area is 96.8 Å². The lowest BCUT2D eigenvalue weighted by Crippen LogP contribution is -2.54. The quantitative estimate of drug-likeness (QED) is 0.647. The van der Waals surface area contributed by atoms with Gasteiger partial charge in [0.15, 0.2) is 0 Å². The zero-order chi connectivity index (χ0) is 11.6. The molecule has 16 heavy (non-hydrogen) atoms. The monoisotopic (exact) mass is 226 g/mol. The number of carbonyl (C=O) groups is 1. The van der Waals surface area contributed by atoms with Gasteiger partial charge in [-0.05, 0) is 31.6 Å². The summed E-state index contributed by atoms with van der Waals surface area (Å²) < 4.78 is 0. The molecule has 1 saturated heterocycles. The molecule has 1 aliphatic heterocycles. The Kier molecular flexibility index (Phi) is 3.50. The number of hydrogen-bond acceptors (Lipinski definition) is 3. The minimum atomic E-state index is -0.653.